The van der Waals surface area contributed by atoms with Crippen molar-refractivity contribution in [2.24, 2.45) is 0 Å². The van der Waals surface area contributed by atoms with Crippen molar-refractivity contribution in [3.05, 3.63) is 29.6 Å². The summed E-state index contributed by atoms with van der Waals surface area (Å²) in [5.74, 6) is 0.756. The number of para-hydroxylation sites is 1. The van der Waals surface area contributed by atoms with Gasteiger partial charge >= 0.3 is 0 Å². The lowest BCUT2D eigenvalue weighted by molar-refractivity contribution is 0.577. The lowest BCUT2D eigenvalue weighted by atomic mass is 10.2. The van der Waals surface area contributed by atoms with Crippen molar-refractivity contribution in [2.45, 2.75) is 25.8 Å². The van der Waals surface area contributed by atoms with Gasteiger partial charge in [-0.1, -0.05) is 12.1 Å². The van der Waals surface area contributed by atoms with Crippen molar-refractivity contribution < 1.29 is 8.42 Å². The molecule has 1 unspecified atom stereocenters. The topological polar surface area (TPSA) is 64.0 Å². The second kappa shape index (κ2) is 5.71. The van der Waals surface area contributed by atoms with Crippen molar-refractivity contribution in [1.82, 2.24) is 14.3 Å². The number of benzene rings is 1. The van der Waals surface area contributed by atoms with Crippen LogP contribution in [-0.2, 0) is 16.6 Å². The van der Waals surface area contributed by atoms with Crippen molar-refractivity contribution in [2.75, 3.05) is 12.8 Å². The molecule has 0 saturated carbocycles. The number of imidazole rings is 1. The van der Waals surface area contributed by atoms with Crippen LogP contribution in [0, 0.1) is 6.92 Å². The number of rotatable bonds is 5. The summed E-state index contributed by atoms with van der Waals surface area (Å²) in [6.07, 6.45) is 1.15. The highest BCUT2D eigenvalue weighted by molar-refractivity contribution is 7.88. The molecule has 2 rings (SSSR count). The first-order valence-corrected chi connectivity index (χ1v) is 8.67. The summed E-state index contributed by atoms with van der Waals surface area (Å²) < 4.78 is 26.8. The number of nitrogens with one attached hydrogen (secondary N) is 1. The van der Waals surface area contributed by atoms with Gasteiger partial charge in [-0.25, -0.2) is 18.1 Å². The molecule has 5 nitrogen and oxygen atoms in total. The van der Waals surface area contributed by atoms with Crippen molar-refractivity contribution in [1.29, 1.82) is 0 Å². The quantitative estimate of drug-likeness (QED) is 0.860. The summed E-state index contributed by atoms with van der Waals surface area (Å²) in [7, 11) is -3.19. The van der Waals surface area contributed by atoms with Crippen LogP contribution in [-0.4, -0.2) is 30.8 Å². The van der Waals surface area contributed by atoms with Crippen LogP contribution in [0.25, 0.3) is 11.0 Å². The molecule has 20 heavy (non-hydrogen) atoms. The number of alkyl halides is 1. The number of sulfonamides is 1. The van der Waals surface area contributed by atoms with E-state index in [-0.39, 0.29) is 5.38 Å². The van der Waals surface area contributed by atoms with Gasteiger partial charge in [-0.2, -0.15) is 0 Å². The molecular weight excluding hydrogens is 298 g/mol. The maximum Gasteiger partial charge on any atom is 0.208 e. The van der Waals surface area contributed by atoms with E-state index < -0.39 is 10.0 Å². The lowest BCUT2D eigenvalue weighted by Crippen LogP contribution is -2.26. The van der Waals surface area contributed by atoms with Gasteiger partial charge in [0.1, 0.15) is 5.82 Å². The van der Waals surface area contributed by atoms with Crippen LogP contribution >= 0.6 is 11.6 Å². The normalized spacial score (nSPS) is 13.8. The van der Waals surface area contributed by atoms with Gasteiger partial charge in [-0.05, 0) is 25.5 Å². The van der Waals surface area contributed by atoms with Gasteiger partial charge in [0, 0.05) is 13.1 Å². The average molecular weight is 316 g/mol. The zero-order valence-electron chi connectivity index (χ0n) is 11.7. The molecule has 1 atom stereocenters. The Morgan fingerprint density at radius 3 is 2.75 bits per heavy atom. The summed E-state index contributed by atoms with van der Waals surface area (Å²) in [4.78, 5) is 4.54. The van der Waals surface area contributed by atoms with Gasteiger partial charge in [0.05, 0.1) is 22.7 Å². The van der Waals surface area contributed by atoms with Crippen molar-refractivity contribution in [3.63, 3.8) is 0 Å². The maximum absolute atomic E-state index is 11.1. The van der Waals surface area contributed by atoms with E-state index in [4.69, 9.17) is 11.6 Å². The number of hydrogen-bond donors (Lipinski definition) is 1. The third-order valence-electron chi connectivity index (χ3n) is 3.05. The van der Waals surface area contributed by atoms with E-state index in [1.54, 1.807) is 0 Å². The van der Waals surface area contributed by atoms with Gasteiger partial charge in [0.2, 0.25) is 10.0 Å². The van der Waals surface area contributed by atoms with Gasteiger partial charge < -0.3 is 4.57 Å². The van der Waals surface area contributed by atoms with E-state index in [9.17, 15) is 8.42 Å². The molecule has 1 aromatic heterocycles. The molecule has 1 N–H and O–H groups in total. The Labute approximate surface area is 124 Å². The minimum atomic E-state index is -3.19. The molecular formula is C13H18ClN3O2S. The first-order valence-electron chi connectivity index (χ1n) is 6.34. The largest absolute Gasteiger partial charge is 0.325 e. The molecule has 110 valence electrons. The second-order valence-corrected chi connectivity index (χ2v) is 7.33. The third kappa shape index (κ3) is 3.31. The van der Waals surface area contributed by atoms with Gasteiger partial charge in [0.25, 0.3) is 0 Å². The standard InChI is InChI=1S/C13H18ClN3O2S/c1-9-5-4-6-11-12(9)17(13(16-11)10(2)14)8-7-15-20(3,18)19/h4-6,10,15H,7-8H2,1-3H3. The number of aromatic nitrogens is 2. The van der Waals surface area contributed by atoms with E-state index >= 15 is 0 Å². The molecule has 0 spiro atoms. The average Bonchev–Trinajstić information content (AvgIpc) is 2.68. The van der Waals surface area contributed by atoms with Crippen molar-refractivity contribution in [3.8, 4) is 0 Å². The molecule has 0 fully saturated rings. The Balaban J connectivity index is 2.41. The maximum atomic E-state index is 11.1. The predicted octanol–water partition coefficient (Wildman–Crippen LogP) is 2.19. The molecule has 1 heterocycles. The van der Waals surface area contributed by atoms with Crippen LogP contribution in [0.15, 0.2) is 18.2 Å². The molecule has 0 aliphatic rings. The molecule has 0 amide bonds. The number of fused-ring (bicyclic) bond motifs is 1. The summed E-state index contributed by atoms with van der Waals surface area (Å²) in [6.45, 7) is 4.68. The van der Waals surface area contributed by atoms with Crippen LogP contribution in [0.2, 0.25) is 0 Å². The molecule has 2 aromatic rings. The minimum Gasteiger partial charge on any atom is -0.325 e. The van der Waals surface area contributed by atoms with E-state index in [1.165, 1.54) is 0 Å². The zero-order valence-corrected chi connectivity index (χ0v) is 13.3. The molecule has 0 saturated heterocycles. The molecule has 0 aliphatic carbocycles. The SMILES string of the molecule is Cc1cccc2nc(C(C)Cl)n(CCNS(C)(=O)=O)c12. The summed E-state index contributed by atoms with van der Waals surface area (Å²) in [6, 6.07) is 5.89. The highest BCUT2D eigenvalue weighted by Gasteiger charge is 2.16. The Morgan fingerprint density at radius 2 is 2.15 bits per heavy atom. The summed E-state index contributed by atoms with van der Waals surface area (Å²) >= 11 is 6.18. The van der Waals surface area contributed by atoms with Crippen molar-refractivity contribution >= 4 is 32.7 Å². The molecule has 1 aromatic carbocycles. The fraction of sp³-hybridized carbons (Fsp3) is 0.462. The van der Waals surface area contributed by atoms with Gasteiger partial charge in [0.15, 0.2) is 0 Å². The van der Waals surface area contributed by atoms with Crippen LogP contribution in [0.3, 0.4) is 0 Å². The predicted molar refractivity (Wildman–Crippen MR) is 81.6 cm³/mol. The van der Waals surface area contributed by atoms with Gasteiger partial charge in [-0.3, -0.25) is 0 Å². The third-order valence-corrected chi connectivity index (χ3v) is 3.98. The van der Waals surface area contributed by atoms with Crippen LogP contribution in [0.4, 0.5) is 0 Å². The Hall–Kier alpha value is -1.11. The Morgan fingerprint density at radius 1 is 1.45 bits per heavy atom. The number of nitrogens with zero attached hydrogens (tertiary/aromatic N) is 2. The van der Waals surface area contributed by atoms with E-state index in [2.05, 4.69) is 9.71 Å². The van der Waals surface area contributed by atoms with Gasteiger partial charge in [-0.15, -0.1) is 11.6 Å². The summed E-state index contributed by atoms with van der Waals surface area (Å²) in [5, 5.41) is -0.236. The minimum absolute atomic E-state index is 0.236. The second-order valence-electron chi connectivity index (χ2n) is 4.85. The Bertz CT molecular complexity index is 723. The highest BCUT2D eigenvalue weighted by atomic mass is 35.5. The zero-order chi connectivity index (χ0) is 14.9. The highest BCUT2D eigenvalue weighted by Crippen LogP contribution is 2.26. The van der Waals surface area contributed by atoms with E-state index in [1.807, 2.05) is 36.6 Å². The Kier molecular flexibility index (Phi) is 4.36. The first kappa shape index (κ1) is 15.3. The number of halogens is 1. The van der Waals surface area contributed by atoms with E-state index in [0.29, 0.717) is 13.1 Å². The lowest BCUT2D eigenvalue weighted by Gasteiger charge is -2.11. The van der Waals surface area contributed by atoms with E-state index in [0.717, 1.165) is 28.7 Å². The monoisotopic (exact) mass is 315 g/mol. The fourth-order valence-corrected chi connectivity index (χ4v) is 2.88. The number of hydrogen-bond acceptors (Lipinski definition) is 3. The molecule has 7 heteroatoms. The fourth-order valence-electron chi connectivity index (χ4n) is 2.26. The molecule has 0 radical (unpaired) electrons. The summed E-state index contributed by atoms with van der Waals surface area (Å²) in [5.41, 5.74) is 2.98. The molecule has 0 aliphatic heterocycles. The van der Waals surface area contributed by atoms with Crippen LogP contribution < -0.4 is 4.72 Å². The smallest absolute Gasteiger partial charge is 0.208 e. The van der Waals surface area contributed by atoms with Crippen LogP contribution in [0.5, 0.6) is 0 Å². The first-order chi connectivity index (χ1) is 9.29. The number of aryl methyl sites for hydroxylation is 1. The molecule has 0 bridgehead atoms. The van der Waals surface area contributed by atoms with Crippen LogP contribution in [0.1, 0.15) is 23.7 Å².